The van der Waals surface area contributed by atoms with Crippen LogP contribution in [0.15, 0.2) is 0 Å². The van der Waals surface area contributed by atoms with Gasteiger partial charge >= 0.3 is 5.97 Å². The standard InChI is InChI=1S/C12H22N2O2/c1-9(11(15)16-2)14-7-10-6-13-8-12(10)4-3-5-12/h9-10,13-14H,3-8H2,1-2H3. The molecule has 0 amide bonds. The van der Waals surface area contributed by atoms with Gasteiger partial charge < -0.3 is 15.4 Å². The minimum absolute atomic E-state index is 0.173. The van der Waals surface area contributed by atoms with Crippen LogP contribution >= 0.6 is 0 Å². The maximum atomic E-state index is 11.3. The molecule has 2 atom stereocenters. The third-order valence-corrected chi connectivity index (χ3v) is 4.31. The maximum Gasteiger partial charge on any atom is 0.322 e. The van der Waals surface area contributed by atoms with E-state index < -0.39 is 0 Å². The fourth-order valence-electron chi connectivity index (χ4n) is 2.94. The maximum absolute atomic E-state index is 11.3. The SMILES string of the molecule is COC(=O)C(C)NCC1CNCC12CCC2. The van der Waals surface area contributed by atoms with Gasteiger partial charge in [-0.25, -0.2) is 0 Å². The first-order valence-corrected chi connectivity index (χ1v) is 6.20. The second-order valence-electron chi connectivity index (χ2n) is 5.20. The van der Waals surface area contributed by atoms with Crippen molar-refractivity contribution in [2.45, 2.75) is 32.2 Å². The molecule has 2 N–H and O–H groups in total. The number of ether oxygens (including phenoxy) is 1. The lowest BCUT2D eigenvalue weighted by Crippen LogP contribution is -2.45. The fourth-order valence-corrected chi connectivity index (χ4v) is 2.94. The van der Waals surface area contributed by atoms with Crippen LogP contribution in [0.1, 0.15) is 26.2 Å². The van der Waals surface area contributed by atoms with Gasteiger partial charge in [-0.15, -0.1) is 0 Å². The highest BCUT2D eigenvalue weighted by molar-refractivity contribution is 5.75. The predicted octanol–water partition coefficient (Wildman–Crippen LogP) is 0.527. The topological polar surface area (TPSA) is 50.4 Å². The number of nitrogens with one attached hydrogen (secondary N) is 2. The van der Waals surface area contributed by atoms with Crippen LogP contribution < -0.4 is 10.6 Å². The first-order chi connectivity index (χ1) is 7.68. The lowest BCUT2D eigenvalue weighted by molar-refractivity contribution is -0.142. The molecule has 1 heterocycles. The van der Waals surface area contributed by atoms with Crippen molar-refractivity contribution in [1.82, 2.24) is 10.6 Å². The number of rotatable bonds is 4. The molecule has 2 unspecified atom stereocenters. The van der Waals surface area contributed by atoms with Crippen LogP contribution in [0.3, 0.4) is 0 Å². The average Bonchev–Trinajstić information content (AvgIpc) is 2.67. The molecule has 0 aromatic heterocycles. The van der Waals surface area contributed by atoms with Gasteiger partial charge in [-0.05, 0) is 37.6 Å². The van der Waals surface area contributed by atoms with Crippen molar-refractivity contribution in [3.05, 3.63) is 0 Å². The summed E-state index contributed by atoms with van der Waals surface area (Å²) in [4.78, 5) is 11.3. The molecule has 92 valence electrons. The van der Waals surface area contributed by atoms with Crippen LogP contribution in [-0.4, -0.2) is 38.8 Å². The number of methoxy groups -OCH3 is 1. The highest BCUT2D eigenvalue weighted by atomic mass is 16.5. The lowest BCUT2D eigenvalue weighted by Gasteiger charge is -2.43. The van der Waals surface area contributed by atoms with Crippen molar-refractivity contribution in [1.29, 1.82) is 0 Å². The highest BCUT2D eigenvalue weighted by Gasteiger charge is 2.46. The van der Waals surface area contributed by atoms with Crippen LogP contribution in [0.5, 0.6) is 0 Å². The Balaban J connectivity index is 1.79. The summed E-state index contributed by atoms with van der Waals surface area (Å²) in [7, 11) is 1.44. The van der Waals surface area contributed by atoms with Crippen molar-refractivity contribution in [2.24, 2.45) is 11.3 Å². The Morgan fingerprint density at radius 3 is 2.94 bits per heavy atom. The Labute approximate surface area is 97.1 Å². The third kappa shape index (κ3) is 2.09. The van der Waals surface area contributed by atoms with Crippen LogP contribution in [0.2, 0.25) is 0 Å². The first kappa shape index (κ1) is 11.9. The van der Waals surface area contributed by atoms with E-state index in [0.717, 1.165) is 19.6 Å². The van der Waals surface area contributed by atoms with E-state index >= 15 is 0 Å². The van der Waals surface area contributed by atoms with E-state index in [1.807, 2.05) is 6.92 Å². The van der Waals surface area contributed by atoms with Gasteiger partial charge in [0, 0.05) is 13.1 Å². The van der Waals surface area contributed by atoms with Gasteiger partial charge in [0.25, 0.3) is 0 Å². The molecular weight excluding hydrogens is 204 g/mol. The van der Waals surface area contributed by atoms with Gasteiger partial charge in [-0.1, -0.05) is 6.42 Å². The number of hydrogen-bond donors (Lipinski definition) is 2. The summed E-state index contributed by atoms with van der Waals surface area (Å²) in [5.74, 6) is 0.502. The van der Waals surface area contributed by atoms with Gasteiger partial charge in [0.2, 0.25) is 0 Å². The normalized spacial score (nSPS) is 28.8. The lowest BCUT2D eigenvalue weighted by atomic mass is 9.63. The molecule has 1 saturated heterocycles. The Morgan fingerprint density at radius 2 is 2.38 bits per heavy atom. The van der Waals surface area contributed by atoms with Crippen molar-refractivity contribution in [2.75, 3.05) is 26.7 Å². The van der Waals surface area contributed by atoms with Crippen molar-refractivity contribution in [3.63, 3.8) is 0 Å². The van der Waals surface area contributed by atoms with E-state index in [2.05, 4.69) is 10.6 Å². The van der Waals surface area contributed by atoms with Gasteiger partial charge in [-0.2, -0.15) is 0 Å². The molecule has 2 fully saturated rings. The summed E-state index contributed by atoms with van der Waals surface area (Å²) >= 11 is 0. The largest absolute Gasteiger partial charge is 0.468 e. The zero-order chi connectivity index (χ0) is 11.6. The molecular formula is C12H22N2O2. The summed E-state index contributed by atoms with van der Waals surface area (Å²) in [6.07, 6.45) is 4.06. The molecule has 4 nitrogen and oxygen atoms in total. The number of carbonyl (C=O) groups is 1. The quantitative estimate of drug-likeness (QED) is 0.687. The Bertz CT molecular complexity index is 264. The molecule has 2 rings (SSSR count). The molecule has 1 spiro atoms. The molecule has 0 aromatic carbocycles. The van der Waals surface area contributed by atoms with Crippen LogP contribution in [0.25, 0.3) is 0 Å². The minimum atomic E-state index is -0.192. The Kier molecular flexibility index (Phi) is 3.50. The van der Waals surface area contributed by atoms with E-state index in [4.69, 9.17) is 4.74 Å². The number of carbonyl (C=O) groups excluding carboxylic acids is 1. The Morgan fingerprint density at radius 1 is 1.62 bits per heavy atom. The summed E-state index contributed by atoms with van der Waals surface area (Å²) in [6.45, 7) is 5.03. The molecule has 2 aliphatic rings. The van der Waals surface area contributed by atoms with E-state index in [9.17, 15) is 4.79 Å². The minimum Gasteiger partial charge on any atom is -0.468 e. The van der Waals surface area contributed by atoms with Crippen LogP contribution in [-0.2, 0) is 9.53 Å². The second kappa shape index (κ2) is 4.72. The van der Waals surface area contributed by atoms with E-state index in [1.165, 1.54) is 26.4 Å². The molecule has 1 saturated carbocycles. The average molecular weight is 226 g/mol. The molecule has 1 aliphatic carbocycles. The molecule has 1 aliphatic heterocycles. The van der Waals surface area contributed by atoms with E-state index in [-0.39, 0.29) is 12.0 Å². The number of esters is 1. The van der Waals surface area contributed by atoms with Gasteiger partial charge in [0.1, 0.15) is 6.04 Å². The van der Waals surface area contributed by atoms with Crippen LogP contribution in [0, 0.1) is 11.3 Å². The second-order valence-corrected chi connectivity index (χ2v) is 5.20. The van der Waals surface area contributed by atoms with Gasteiger partial charge in [0.05, 0.1) is 7.11 Å². The molecule has 0 bridgehead atoms. The van der Waals surface area contributed by atoms with E-state index in [0.29, 0.717) is 11.3 Å². The van der Waals surface area contributed by atoms with Gasteiger partial charge in [0.15, 0.2) is 0 Å². The molecule has 4 heteroatoms. The van der Waals surface area contributed by atoms with E-state index in [1.54, 1.807) is 0 Å². The summed E-state index contributed by atoms with van der Waals surface area (Å²) < 4.78 is 4.70. The highest BCUT2D eigenvalue weighted by Crippen LogP contribution is 2.48. The third-order valence-electron chi connectivity index (χ3n) is 4.31. The first-order valence-electron chi connectivity index (χ1n) is 6.20. The zero-order valence-electron chi connectivity index (χ0n) is 10.2. The Hall–Kier alpha value is -0.610. The van der Waals surface area contributed by atoms with Crippen molar-refractivity contribution < 1.29 is 9.53 Å². The van der Waals surface area contributed by atoms with Crippen molar-refractivity contribution in [3.8, 4) is 0 Å². The smallest absolute Gasteiger partial charge is 0.322 e. The van der Waals surface area contributed by atoms with Crippen molar-refractivity contribution >= 4 is 5.97 Å². The summed E-state index contributed by atoms with van der Waals surface area (Å²) in [5.41, 5.74) is 0.531. The van der Waals surface area contributed by atoms with Gasteiger partial charge in [-0.3, -0.25) is 4.79 Å². The monoisotopic (exact) mass is 226 g/mol. The van der Waals surface area contributed by atoms with Crippen LogP contribution in [0.4, 0.5) is 0 Å². The molecule has 0 radical (unpaired) electrons. The predicted molar refractivity (Wildman–Crippen MR) is 62.1 cm³/mol. The molecule has 0 aromatic rings. The number of hydrogen-bond acceptors (Lipinski definition) is 4. The fraction of sp³-hybridized carbons (Fsp3) is 0.917. The molecule has 16 heavy (non-hydrogen) atoms. The summed E-state index contributed by atoms with van der Waals surface area (Å²) in [5, 5.41) is 6.76. The summed E-state index contributed by atoms with van der Waals surface area (Å²) in [6, 6.07) is -0.192. The zero-order valence-corrected chi connectivity index (χ0v) is 10.2.